The van der Waals surface area contributed by atoms with Gasteiger partial charge in [0.05, 0.1) is 18.3 Å². The Labute approximate surface area is 182 Å². The lowest BCUT2D eigenvalue weighted by Crippen LogP contribution is -2.44. The number of methoxy groups -OCH3 is 1. The molecule has 2 aliphatic heterocycles. The van der Waals surface area contributed by atoms with Crippen LogP contribution in [0.3, 0.4) is 0 Å². The molecule has 2 saturated heterocycles. The predicted molar refractivity (Wildman–Crippen MR) is 116 cm³/mol. The van der Waals surface area contributed by atoms with E-state index in [-0.39, 0.29) is 5.41 Å². The molecule has 0 N–H and O–H groups in total. The molecule has 0 aromatic carbocycles. The Kier molecular flexibility index (Phi) is 6.95. The number of carbonyl (C=O) groups excluding carboxylic acids is 2. The van der Waals surface area contributed by atoms with Crippen LogP contribution in [-0.2, 0) is 23.6 Å². The van der Waals surface area contributed by atoms with Gasteiger partial charge in [-0.1, -0.05) is 13.8 Å². The van der Waals surface area contributed by atoms with Crippen LogP contribution in [0.4, 0.5) is 4.79 Å². The number of amides is 1. The summed E-state index contributed by atoms with van der Waals surface area (Å²) < 4.78 is 23.1. The molecular weight excluding hydrogens is 385 g/mol. The molecule has 172 valence electrons. The summed E-state index contributed by atoms with van der Waals surface area (Å²) in [6.45, 7) is 18.3. The zero-order valence-corrected chi connectivity index (χ0v) is 20.5. The highest BCUT2D eigenvalue weighted by Crippen LogP contribution is 2.48. The quantitative estimate of drug-likeness (QED) is 0.483. The van der Waals surface area contributed by atoms with Crippen LogP contribution in [0.25, 0.3) is 0 Å². The van der Waals surface area contributed by atoms with Crippen molar-refractivity contribution in [2.75, 3.05) is 13.7 Å². The van der Waals surface area contributed by atoms with Crippen molar-refractivity contribution in [3.05, 3.63) is 0 Å². The molecule has 7 nitrogen and oxygen atoms in total. The van der Waals surface area contributed by atoms with Crippen molar-refractivity contribution >= 4 is 19.2 Å². The minimum Gasteiger partial charge on any atom is -0.467 e. The Morgan fingerprint density at radius 2 is 1.67 bits per heavy atom. The predicted octanol–water partition coefficient (Wildman–Crippen LogP) is 4.29. The van der Waals surface area contributed by atoms with Crippen LogP contribution in [-0.4, -0.2) is 60.6 Å². The first-order chi connectivity index (χ1) is 13.5. The maximum Gasteiger partial charge on any atom is 0.458 e. The number of nitrogens with zero attached hydrogens (tertiary/aromatic N) is 1. The summed E-state index contributed by atoms with van der Waals surface area (Å²) in [5, 5.41) is 0. The van der Waals surface area contributed by atoms with Crippen molar-refractivity contribution in [2.45, 2.75) is 104 Å². The minimum absolute atomic E-state index is 0.328. The van der Waals surface area contributed by atoms with Crippen LogP contribution in [0.2, 0.25) is 6.32 Å². The van der Waals surface area contributed by atoms with Gasteiger partial charge in [0.2, 0.25) is 0 Å². The number of esters is 1. The summed E-state index contributed by atoms with van der Waals surface area (Å²) in [7, 11) is 0.956. The van der Waals surface area contributed by atoms with Crippen LogP contribution in [0, 0.1) is 11.3 Å². The third kappa shape index (κ3) is 5.50. The van der Waals surface area contributed by atoms with Gasteiger partial charge in [0.1, 0.15) is 11.6 Å². The van der Waals surface area contributed by atoms with Crippen LogP contribution < -0.4 is 0 Å². The van der Waals surface area contributed by atoms with Crippen LogP contribution in [0.5, 0.6) is 0 Å². The first kappa shape index (κ1) is 25.0. The van der Waals surface area contributed by atoms with Crippen LogP contribution in [0.15, 0.2) is 0 Å². The van der Waals surface area contributed by atoms with Gasteiger partial charge in [-0.05, 0) is 79.0 Å². The topological polar surface area (TPSA) is 74.3 Å². The van der Waals surface area contributed by atoms with Gasteiger partial charge in [0, 0.05) is 6.54 Å². The molecule has 0 bridgehead atoms. The average Bonchev–Trinajstić information content (AvgIpc) is 2.98. The molecule has 2 heterocycles. The standard InChI is InChI=1S/C22H40BNO6/c1-15(2)11-22(13-23-29-20(6,7)21(8,9)30-23)12-16(17(25)27-10)24(14-22)18(26)28-19(3,4)5/h15-16H,11-14H2,1-10H3/t16-,22+/m0/s1. The fraction of sp³-hybridized carbons (Fsp3) is 0.909. The Hall–Kier alpha value is -1.28. The maximum absolute atomic E-state index is 12.9. The summed E-state index contributed by atoms with van der Waals surface area (Å²) in [5.74, 6) is -0.0373. The molecular formula is C22H40BNO6. The molecule has 0 spiro atoms. The summed E-state index contributed by atoms with van der Waals surface area (Å²) in [5.41, 5.74) is -1.83. The van der Waals surface area contributed by atoms with Gasteiger partial charge in [0.15, 0.2) is 0 Å². The number of likely N-dealkylation sites (tertiary alicyclic amines) is 1. The highest BCUT2D eigenvalue weighted by molar-refractivity contribution is 6.45. The third-order valence-corrected chi connectivity index (χ3v) is 6.35. The normalized spacial score (nSPS) is 28.2. The fourth-order valence-corrected chi connectivity index (χ4v) is 4.56. The fourth-order valence-electron chi connectivity index (χ4n) is 4.56. The molecule has 0 radical (unpaired) electrons. The van der Waals surface area contributed by atoms with Crippen molar-refractivity contribution in [1.29, 1.82) is 0 Å². The monoisotopic (exact) mass is 425 g/mol. The highest BCUT2D eigenvalue weighted by Gasteiger charge is 2.57. The summed E-state index contributed by atoms with van der Waals surface area (Å²) in [6.07, 6.45) is 1.45. The van der Waals surface area contributed by atoms with Gasteiger partial charge < -0.3 is 18.8 Å². The second-order valence-corrected chi connectivity index (χ2v) is 11.3. The third-order valence-electron chi connectivity index (χ3n) is 6.35. The van der Waals surface area contributed by atoms with E-state index in [0.29, 0.717) is 25.2 Å². The van der Waals surface area contributed by atoms with E-state index in [0.717, 1.165) is 6.42 Å². The lowest BCUT2D eigenvalue weighted by Gasteiger charge is -2.32. The Balaban J connectivity index is 2.32. The Morgan fingerprint density at radius 1 is 1.13 bits per heavy atom. The second kappa shape index (κ2) is 8.34. The first-order valence-electron chi connectivity index (χ1n) is 10.9. The largest absolute Gasteiger partial charge is 0.467 e. The molecule has 2 aliphatic rings. The molecule has 0 aliphatic carbocycles. The van der Waals surface area contributed by atoms with E-state index < -0.39 is 42.0 Å². The first-order valence-corrected chi connectivity index (χ1v) is 10.9. The average molecular weight is 425 g/mol. The SMILES string of the molecule is COC(=O)[C@@H]1C[C@@](CB2OC(C)(C)C(C)(C)O2)(CC(C)C)CN1C(=O)OC(C)(C)C. The van der Waals surface area contributed by atoms with E-state index in [9.17, 15) is 9.59 Å². The van der Waals surface area contributed by atoms with Crippen molar-refractivity contribution in [3.63, 3.8) is 0 Å². The van der Waals surface area contributed by atoms with Gasteiger partial charge >= 0.3 is 19.2 Å². The summed E-state index contributed by atoms with van der Waals surface area (Å²) in [6, 6.07) is -0.675. The number of ether oxygens (including phenoxy) is 2. The number of rotatable bonds is 5. The lowest BCUT2D eigenvalue weighted by atomic mass is 9.63. The molecule has 2 fully saturated rings. The van der Waals surface area contributed by atoms with Crippen molar-refractivity contribution in [3.8, 4) is 0 Å². The summed E-state index contributed by atoms with van der Waals surface area (Å²) in [4.78, 5) is 27.1. The smallest absolute Gasteiger partial charge is 0.458 e. The van der Waals surface area contributed by atoms with Crippen molar-refractivity contribution in [2.24, 2.45) is 11.3 Å². The van der Waals surface area contributed by atoms with E-state index >= 15 is 0 Å². The van der Waals surface area contributed by atoms with Crippen molar-refractivity contribution in [1.82, 2.24) is 4.90 Å². The van der Waals surface area contributed by atoms with E-state index in [4.69, 9.17) is 18.8 Å². The van der Waals surface area contributed by atoms with Gasteiger partial charge in [-0.25, -0.2) is 9.59 Å². The molecule has 0 aromatic rings. The minimum atomic E-state index is -0.675. The maximum atomic E-state index is 12.9. The molecule has 0 saturated carbocycles. The van der Waals surface area contributed by atoms with Gasteiger partial charge in [0.25, 0.3) is 0 Å². The van der Waals surface area contributed by atoms with E-state index in [1.54, 1.807) is 0 Å². The van der Waals surface area contributed by atoms with Gasteiger partial charge in [-0.15, -0.1) is 0 Å². The zero-order chi connectivity index (χ0) is 23.1. The summed E-state index contributed by atoms with van der Waals surface area (Å²) >= 11 is 0. The van der Waals surface area contributed by atoms with E-state index in [1.807, 2.05) is 48.5 Å². The number of carbonyl (C=O) groups is 2. The van der Waals surface area contributed by atoms with Gasteiger partial charge in [-0.2, -0.15) is 0 Å². The molecule has 30 heavy (non-hydrogen) atoms. The van der Waals surface area contributed by atoms with E-state index in [1.165, 1.54) is 12.0 Å². The van der Waals surface area contributed by atoms with Crippen LogP contribution >= 0.6 is 0 Å². The van der Waals surface area contributed by atoms with E-state index in [2.05, 4.69) is 13.8 Å². The number of hydrogen-bond acceptors (Lipinski definition) is 6. The Morgan fingerprint density at radius 3 is 2.10 bits per heavy atom. The second-order valence-electron chi connectivity index (χ2n) is 11.3. The van der Waals surface area contributed by atoms with Crippen molar-refractivity contribution < 1.29 is 28.4 Å². The zero-order valence-electron chi connectivity index (χ0n) is 20.5. The molecule has 2 atom stereocenters. The molecule has 0 aromatic heterocycles. The Bertz CT molecular complexity index is 641. The number of hydrogen-bond donors (Lipinski definition) is 0. The lowest BCUT2D eigenvalue weighted by molar-refractivity contribution is -0.145. The molecule has 8 heteroatoms. The molecule has 0 unspecified atom stereocenters. The van der Waals surface area contributed by atoms with Gasteiger partial charge in [-0.3, -0.25) is 4.90 Å². The molecule has 2 rings (SSSR count). The molecule has 1 amide bonds. The highest BCUT2D eigenvalue weighted by atomic mass is 16.7. The van der Waals surface area contributed by atoms with Crippen LogP contribution in [0.1, 0.15) is 75.2 Å².